The largest absolute Gasteiger partial charge is 0.342 e. The van der Waals surface area contributed by atoms with Gasteiger partial charge >= 0.3 is 0 Å². The zero-order valence-electron chi connectivity index (χ0n) is 11.3. The molecule has 0 radical (unpaired) electrons. The summed E-state index contributed by atoms with van der Waals surface area (Å²) in [7, 11) is 0. The highest BCUT2D eigenvalue weighted by atomic mass is 15.3. The van der Waals surface area contributed by atoms with Crippen molar-refractivity contribution in [2.75, 3.05) is 31.1 Å². The molecule has 0 saturated carbocycles. The molecule has 0 aliphatic carbocycles. The van der Waals surface area contributed by atoms with Crippen molar-refractivity contribution in [3.05, 3.63) is 25.0 Å². The van der Waals surface area contributed by atoms with Crippen LogP contribution < -0.4 is 10.2 Å². The molecule has 100 valence electrons. The van der Waals surface area contributed by atoms with E-state index in [2.05, 4.69) is 33.3 Å². The van der Waals surface area contributed by atoms with Gasteiger partial charge in [-0.3, -0.25) is 0 Å². The topological polar surface area (TPSA) is 33.1 Å². The van der Waals surface area contributed by atoms with Gasteiger partial charge in [-0.15, -0.1) is 6.58 Å². The summed E-state index contributed by atoms with van der Waals surface area (Å²) in [5, 5.41) is 3.45. The Morgan fingerprint density at radius 2 is 2.28 bits per heavy atom. The lowest BCUT2D eigenvalue weighted by molar-refractivity contribution is 0.382. The van der Waals surface area contributed by atoms with Gasteiger partial charge in [0.25, 0.3) is 0 Å². The number of hydrogen-bond acceptors (Lipinski definition) is 3. The van der Waals surface area contributed by atoms with Crippen molar-refractivity contribution < 1.29 is 0 Å². The van der Waals surface area contributed by atoms with Crippen LogP contribution in [0, 0.1) is 5.92 Å². The fraction of sp³-hybridized carbons (Fsp3) is 0.643. The molecule has 1 saturated heterocycles. The van der Waals surface area contributed by atoms with Crippen LogP contribution in [0.1, 0.15) is 19.8 Å². The SMILES string of the molecule is C=CCn1ccnc1N1CCC(CNCC)CC1. The maximum atomic E-state index is 4.47. The second kappa shape index (κ2) is 6.59. The first kappa shape index (κ1) is 13.1. The van der Waals surface area contributed by atoms with Crippen molar-refractivity contribution in [3.8, 4) is 0 Å². The molecular formula is C14H24N4. The van der Waals surface area contributed by atoms with Gasteiger partial charge in [0.1, 0.15) is 0 Å². The van der Waals surface area contributed by atoms with Crippen LogP contribution in [-0.2, 0) is 6.54 Å². The third-order valence-electron chi connectivity index (χ3n) is 3.60. The van der Waals surface area contributed by atoms with Crippen LogP contribution in [0.25, 0.3) is 0 Å². The predicted molar refractivity (Wildman–Crippen MR) is 75.9 cm³/mol. The van der Waals surface area contributed by atoms with E-state index in [-0.39, 0.29) is 0 Å². The average molecular weight is 248 g/mol. The molecule has 4 nitrogen and oxygen atoms in total. The summed E-state index contributed by atoms with van der Waals surface area (Å²) in [6, 6.07) is 0. The summed E-state index contributed by atoms with van der Waals surface area (Å²) < 4.78 is 2.16. The van der Waals surface area contributed by atoms with Crippen molar-refractivity contribution >= 4 is 5.95 Å². The maximum absolute atomic E-state index is 4.47. The Bertz CT molecular complexity index is 364. The number of rotatable bonds is 6. The van der Waals surface area contributed by atoms with E-state index in [0.29, 0.717) is 0 Å². The molecule has 0 bridgehead atoms. The highest BCUT2D eigenvalue weighted by Gasteiger charge is 2.21. The van der Waals surface area contributed by atoms with Crippen molar-refractivity contribution in [2.24, 2.45) is 5.92 Å². The van der Waals surface area contributed by atoms with Gasteiger partial charge in [-0.1, -0.05) is 13.0 Å². The zero-order valence-corrected chi connectivity index (χ0v) is 11.3. The Labute approximate surface area is 110 Å². The van der Waals surface area contributed by atoms with Gasteiger partial charge in [-0.2, -0.15) is 0 Å². The van der Waals surface area contributed by atoms with Gasteiger partial charge in [0.15, 0.2) is 0 Å². The van der Waals surface area contributed by atoms with Gasteiger partial charge in [-0.25, -0.2) is 4.98 Å². The second-order valence-electron chi connectivity index (χ2n) is 4.91. The summed E-state index contributed by atoms with van der Waals surface area (Å²) in [5.74, 6) is 1.92. The van der Waals surface area contributed by atoms with Crippen LogP contribution >= 0.6 is 0 Å². The summed E-state index contributed by atoms with van der Waals surface area (Å²) in [5.41, 5.74) is 0. The van der Waals surface area contributed by atoms with Gasteiger partial charge in [0.05, 0.1) is 0 Å². The fourth-order valence-corrected chi connectivity index (χ4v) is 2.55. The van der Waals surface area contributed by atoms with Crippen molar-refractivity contribution in [1.82, 2.24) is 14.9 Å². The Kier molecular flexibility index (Phi) is 4.81. The summed E-state index contributed by atoms with van der Waals surface area (Å²) >= 11 is 0. The van der Waals surface area contributed by atoms with E-state index in [1.165, 1.54) is 12.8 Å². The van der Waals surface area contributed by atoms with Crippen LogP contribution in [0.15, 0.2) is 25.0 Å². The molecule has 0 aromatic carbocycles. The molecule has 0 spiro atoms. The molecular weight excluding hydrogens is 224 g/mol. The quantitative estimate of drug-likeness (QED) is 0.781. The lowest BCUT2D eigenvalue weighted by Gasteiger charge is -2.33. The number of allylic oxidation sites excluding steroid dienone is 1. The number of nitrogens with zero attached hydrogens (tertiary/aromatic N) is 3. The van der Waals surface area contributed by atoms with E-state index in [1.54, 1.807) is 0 Å². The van der Waals surface area contributed by atoms with E-state index in [1.807, 2.05) is 18.5 Å². The zero-order chi connectivity index (χ0) is 12.8. The smallest absolute Gasteiger partial charge is 0.205 e. The van der Waals surface area contributed by atoms with Gasteiger partial charge < -0.3 is 14.8 Å². The van der Waals surface area contributed by atoms with E-state index >= 15 is 0 Å². The van der Waals surface area contributed by atoms with Crippen LogP contribution in [-0.4, -0.2) is 35.7 Å². The molecule has 2 rings (SSSR count). The van der Waals surface area contributed by atoms with Gasteiger partial charge in [-0.05, 0) is 31.8 Å². The summed E-state index contributed by atoms with van der Waals surface area (Å²) in [4.78, 5) is 6.87. The molecule has 1 fully saturated rings. The molecule has 18 heavy (non-hydrogen) atoms. The van der Waals surface area contributed by atoms with E-state index in [0.717, 1.165) is 44.6 Å². The fourth-order valence-electron chi connectivity index (χ4n) is 2.55. The van der Waals surface area contributed by atoms with Crippen LogP contribution in [0.2, 0.25) is 0 Å². The standard InChI is InChI=1S/C14H24N4/c1-3-8-17-11-7-16-14(17)18-9-5-13(6-10-18)12-15-4-2/h3,7,11,13,15H,1,4-6,8-10,12H2,2H3. The van der Waals surface area contributed by atoms with E-state index < -0.39 is 0 Å². The van der Waals surface area contributed by atoms with Gasteiger partial charge in [0.2, 0.25) is 5.95 Å². The Morgan fingerprint density at radius 3 is 2.94 bits per heavy atom. The first-order chi connectivity index (χ1) is 8.85. The third kappa shape index (κ3) is 3.13. The summed E-state index contributed by atoms with van der Waals surface area (Å²) in [6.45, 7) is 11.3. The summed E-state index contributed by atoms with van der Waals surface area (Å²) in [6.07, 6.45) is 8.34. The number of anilines is 1. The highest BCUT2D eigenvalue weighted by molar-refractivity contribution is 5.32. The Balaban J connectivity index is 1.88. The first-order valence-electron chi connectivity index (χ1n) is 6.92. The van der Waals surface area contributed by atoms with E-state index in [4.69, 9.17) is 0 Å². The number of aromatic nitrogens is 2. The predicted octanol–water partition coefficient (Wildman–Crippen LogP) is 1.90. The number of nitrogens with one attached hydrogen (secondary N) is 1. The average Bonchev–Trinajstić information content (AvgIpc) is 2.86. The lowest BCUT2D eigenvalue weighted by Crippen LogP contribution is -2.38. The Hall–Kier alpha value is -1.29. The highest BCUT2D eigenvalue weighted by Crippen LogP contribution is 2.21. The number of imidazole rings is 1. The molecule has 0 atom stereocenters. The number of piperidine rings is 1. The van der Waals surface area contributed by atoms with E-state index in [9.17, 15) is 0 Å². The molecule has 0 amide bonds. The molecule has 1 aromatic rings. The molecule has 4 heteroatoms. The minimum Gasteiger partial charge on any atom is -0.342 e. The van der Waals surface area contributed by atoms with Crippen LogP contribution in [0.4, 0.5) is 5.95 Å². The first-order valence-corrected chi connectivity index (χ1v) is 6.92. The van der Waals surface area contributed by atoms with Crippen LogP contribution in [0.3, 0.4) is 0 Å². The number of hydrogen-bond donors (Lipinski definition) is 1. The second-order valence-corrected chi connectivity index (χ2v) is 4.91. The van der Waals surface area contributed by atoms with Gasteiger partial charge in [0, 0.05) is 32.0 Å². The molecule has 2 heterocycles. The van der Waals surface area contributed by atoms with Crippen LogP contribution in [0.5, 0.6) is 0 Å². The molecule has 0 unspecified atom stereocenters. The van der Waals surface area contributed by atoms with Crippen molar-refractivity contribution in [1.29, 1.82) is 0 Å². The molecule has 1 aromatic heterocycles. The molecule has 1 aliphatic heterocycles. The Morgan fingerprint density at radius 1 is 1.50 bits per heavy atom. The molecule has 1 aliphatic rings. The van der Waals surface area contributed by atoms with Crippen molar-refractivity contribution in [2.45, 2.75) is 26.3 Å². The normalized spacial score (nSPS) is 17.1. The minimum absolute atomic E-state index is 0.823. The maximum Gasteiger partial charge on any atom is 0.205 e. The minimum atomic E-state index is 0.823. The third-order valence-corrected chi connectivity index (χ3v) is 3.60. The lowest BCUT2D eigenvalue weighted by atomic mass is 9.97. The monoisotopic (exact) mass is 248 g/mol. The van der Waals surface area contributed by atoms with Crippen molar-refractivity contribution in [3.63, 3.8) is 0 Å². The molecule has 1 N–H and O–H groups in total.